The van der Waals surface area contributed by atoms with Crippen molar-refractivity contribution in [2.75, 3.05) is 13.2 Å². The third-order valence-corrected chi connectivity index (χ3v) is 4.33. The van der Waals surface area contributed by atoms with E-state index in [1.807, 2.05) is 25.1 Å². The molecule has 6 nitrogen and oxygen atoms in total. The number of hydrogen-bond donors (Lipinski definition) is 1. The van der Waals surface area contributed by atoms with Crippen LogP contribution in [0.2, 0.25) is 0 Å². The Morgan fingerprint density at radius 2 is 2.07 bits per heavy atom. The van der Waals surface area contributed by atoms with E-state index < -0.39 is 11.9 Å². The number of aryl methyl sites for hydroxylation is 1. The molecule has 0 aliphatic carbocycles. The summed E-state index contributed by atoms with van der Waals surface area (Å²) in [6.45, 7) is 8.17. The highest BCUT2D eigenvalue weighted by atomic mass is 16.5. The zero-order chi connectivity index (χ0) is 20.0. The summed E-state index contributed by atoms with van der Waals surface area (Å²) in [6.07, 6.45) is 1.91. The Kier molecular flexibility index (Phi) is 6.89. The molecule has 0 radical (unpaired) electrons. The van der Waals surface area contributed by atoms with Gasteiger partial charge >= 0.3 is 5.97 Å². The maximum Gasteiger partial charge on any atom is 0.338 e. The molecule has 0 spiro atoms. The largest absolute Gasteiger partial charge is 0.493 e. The third-order valence-electron chi connectivity index (χ3n) is 4.33. The molecule has 0 fully saturated rings. The fourth-order valence-corrected chi connectivity index (χ4v) is 3.02. The molecule has 0 saturated heterocycles. The molecule has 0 bridgehead atoms. The summed E-state index contributed by atoms with van der Waals surface area (Å²) >= 11 is 0. The summed E-state index contributed by atoms with van der Waals surface area (Å²) in [4.78, 5) is 12.6. The summed E-state index contributed by atoms with van der Waals surface area (Å²) in [5, 5.41) is 9.70. The quantitative estimate of drug-likeness (QED) is 0.579. The molecule has 27 heavy (non-hydrogen) atoms. The Morgan fingerprint density at radius 3 is 2.70 bits per heavy atom. The summed E-state index contributed by atoms with van der Waals surface area (Å²) in [6, 6.07) is 7.80. The minimum Gasteiger partial charge on any atom is -0.493 e. The van der Waals surface area contributed by atoms with Gasteiger partial charge in [-0.25, -0.2) is 4.79 Å². The number of hydrogen-bond acceptors (Lipinski definition) is 6. The number of benzene rings is 1. The minimum absolute atomic E-state index is 0.00550. The molecule has 1 heterocycles. The predicted molar refractivity (Wildman–Crippen MR) is 102 cm³/mol. The highest BCUT2D eigenvalue weighted by Crippen LogP contribution is 2.43. The zero-order valence-corrected chi connectivity index (χ0v) is 16.3. The van der Waals surface area contributed by atoms with E-state index in [-0.39, 0.29) is 23.6 Å². The lowest BCUT2D eigenvalue weighted by molar-refractivity contribution is -0.139. The molecule has 1 aromatic rings. The number of carbonyl (C=O) groups excluding carboxylic acids is 1. The van der Waals surface area contributed by atoms with Crippen LogP contribution in [0.3, 0.4) is 0 Å². The van der Waals surface area contributed by atoms with Crippen LogP contribution in [0.25, 0.3) is 0 Å². The molecule has 1 atom stereocenters. The standard InChI is InChI=1S/C21H26N2O4/c1-5-7-10-26-17-9-8-13(3)11-15(17)19-16(12-22)20(23)27-14(4)18(19)21(24)25-6-2/h8-9,11,19H,5-7,10,23H2,1-4H3. The average Bonchev–Trinajstić information content (AvgIpc) is 2.62. The summed E-state index contributed by atoms with van der Waals surface area (Å²) in [5.74, 6) is -0.276. The molecule has 144 valence electrons. The summed E-state index contributed by atoms with van der Waals surface area (Å²) in [7, 11) is 0. The molecule has 1 aromatic carbocycles. The second-order valence-corrected chi connectivity index (χ2v) is 6.36. The van der Waals surface area contributed by atoms with Gasteiger partial charge in [0.05, 0.1) is 24.7 Å². The van der Waals surface area contributed by atoms with Gasteiger partial charge in [-0.3, -0.25) is 0 Å². The van der Waals surface area contributed by atoms with Crippen LogP contribution >= 0.6 is 0 Å². The van der Waals surface area contributed by atoms with Gasteiger partial charge in [-0.1, -0.05) is 31.0 Å². The number of rotatable bonds is 7. The first kappa shape index (κ1) is 20.4. The topological polar surface area (TPSA) is 94.6 Å². The third kappa shape index (κ3) is 4.43. The van der Waals surface area contributed by atoms with Crippen molar-refractivity contribution in [3.8, 4) is 11.8 Å². The molecule has 2 rings (SSSR count). The van der Waals surface area contributed by atoms with Crippen LogP contribution in [0.5, 0.6) is 5.75 Å². The van der Waals surface area contributed by atoms with E-state index in [1.165, 1.54) is 0 Å². The maximum atomic E-state index is 12.6. The second-order valence-electron chi connectivity index (χ2n) is 6.36. The Bertz CT molecular complexity index is 818. The van der Waals surface area contributed by atoms with E-state index in [0.717, 1.165) is 18.4 Å². The van der Waals surface area contributed by atoms with E-state index in [1.54, 1.807) is 13.8 Å². The minimum atomic E-state index is -0.695. The molecule has 2 N–H and O–H groups in total. The monoisotopic (exact) mass is 370 g/mol. The number of esters is 1. The first-order valence-electron chi connectivity index (χ1n) is 9.13. The van der Waals surface area contributed by atoms with Crippen molar-refractivity contribution in [3.63, 3.8) is 0 Å². The van der Waals surface area contributed by atoms with Gasteiger partial charge in [0.25, 0.3) is 0 Å². The SMILES string of the molecule is CCCCOc1ccc(C)cc1C1C(C#N)=C(N)OC(C)=C1C(=O)OCC. The molecule has 6 heteroatoms. The second kappa shape index (κ2) is 9.13. The number of allylic oxidation sites excluding steroid dienone is 2. The Labute approximate surface area is 160 Å². The first-order chi connectivity index (χ1) is 12.9. The van der Waals surface area contributed by atoms with Crippen molar-refractivity contribution < 1.29 is 19.0 Å². The van der Waals surface area contributed by atoms with Crippen molar-refractivity contribution in [2.45, 2.75) is 46.5 Å². The van der Waals surface area contributed by atoms with E-state index in [0.29, 0.717) is 23.7 Å². The van der Waals surface area contributed by atoms with Crippen LogP contribution in [-0.4, -0.2) is 19.2 Å². The van der Waals surface area contributed by atoms with Gasteiger partial charge in [0.2, 0.25) is 5.88 Å². The maximum absolute atomic E-state index is 12.6. The zero-order valence-electron chi connectivity index (χ0n) is 16.3. The van der Waals surface area contributed by atoms with E-state index in [4.69, 9.17) is 19.9 Å². The van der Waals surface area contributed by atoms with Crippen LogP contribution < -0.4 is 10.5 Å². The Balaban J connectivity index is 2.62. The van der Waals surface area contributed by atoms with E-state index in [2.05, 4.69) is 13.0 Å². The van der Waals surface area contributed by atoms with E-state index in [9.17, 15) is 10.1 Å². The number of ether oxygens (including phenoxy) is 3. The molecule has 0 saturated carbocycles. The van der Waals surface area contributed by atoms with Gasteiger partial charge in [0, 0.05) is 5.56 Å². The van der Waals surface area contributed by atoms with Crippen LogP contribution in [0, 0.1) is 18.3 Å². The van der Waals surface area contributed by atoms with Crippen molar-refractivity contribution in [3.05, 3.63) is 52.1 Å². The van der Waals surface area contributed by atoms with Crippen molar-refractivity contribution in [1.82, 2.24) is 0 Å². The number of carbonyl (C=O) groups is 1. The van der Waals surface area contributed by atoms with Gasteiger partial charge in [-0.05, 0) is 33.3 Å². The lowest BCUT2D eigenvalue weighted by atomic mass is 9.82. The fraction of sp³-hybridized carbons (Fsp3) is 0.429. The lowest BCUT2D eigenvalue weighted by Gasteiger charge is -2.28. The normalized spacial score (nSPS) is 16.6. The molecule has 1 aliphatic heterocycles. The van der Waals surface area contributed by atoms with Crippen molar-refractivity contribution in [2.24, 2.45) is 5.73 Å². The van der Waals surface area contributed by atoms with Gasteiger partial charge in [-0.2, -0.15) is 5.26 Å². The highest BCUT2D eigenvalue weighted by Gasteiger charge is 2.37. The van der Waals surface area contributed by atoms with E-state index >= 15 is 0 Å². The van der Waals surface area contributed by atoms with Gasteiger partial charge in [0.15, 0.2) is 0 Å². The Hall–Kier alpha value is -2.94. The molecular formula is C21H26N2O4. The first-order valence-corrected chi connectivity index (χ1v) is 9.13. The van der Waals surface area contributed by atoms with Crippen LogP contribution in [0.15, 0.2) is 41.0 Å². The number of unbranched alkanes of at least 4 members (excludes halogenated alkanes) is 1. The molecule has 1 aliphatic rings. The van der Waals surface area contributed by atoms with Gasteiger partial charge < -0.3 is 19.9 Å². The summed E-state index contributed by atoms with van der Waals surface area (Å²) < 4.78 is 16.6. The molecule has 1 unspecified atom stereocenters. The number of nitrogens with zero attached hydrogens (tertiary/aromatic N) is 1. The van der Waals surface area contributed by atoms with Gasteiger partial charge in [-0.15, -0.1) is 0 Å². The van der Waals surface area contributed by atoms with Crippen molar-refractivity contribution in [1.29, 1.82) is 5.26 Å². The fourth-order valence-electron chi connectivity index (χ4n) is 3.02. The lowest BCUT2D eigenvalue weighted by Crippen LogP contribution is -2.26. The molecule has 0 amide bonds. The predicted octanol–water partition coefficient (Wildman–Crippen LogP) is 3.82. The molecule has 0 aromatic heterocycles. The Morgan fingerprint density at radius 1 is 1.33 bits per heavy atom. The average molecular weight is 370 g/mol. The number of nitrogens with two attached hydrogens (primary N) is 1. The van der Waals surface area contributed by atoms with Crippen LogP contribution in [0.1, 0.15) is 50.7 Å². The number of nitriles is 1. The highest BCUT2D eigenvalue weighted by molar-refractivity contribution is 5.92. The smallest absolute Gasteiger partial charge is 0.338 e. The van der Waals surface area contributed by atoms with Crippen LogP contribution in [-0.2, 0) is 14.3 Å². The summed E-state index contributed by atoms with van der Waals surface area (Å²) in [5.41, 5.74) is 8.10. The van der Waals surface area contributed by atoms with Gasteiger partial charge in [0.1, 0.15) is 23.2 Å². The molecular weight excluding hydrogens is 344 g/mol. The van der Waals surface area contributed by atoms with Crippen molar-refractivity contribution >= 4 is 5.97 Å². The van der Waals surface area contributed by atoms with Crippen LogP contribution in [0.4, 0.5) is 0 Å².